The summed E-state index contributed by atoms with van der Waals surface area (Å²) in [6.07, 6.45) is 9.16. The molecular weight excluding hydrogens is 280 g/mol. The van der Waals surface area contributed by atoms with Crippen molar-refractivity contribution in [1.29, 1.82) is 0 Å². The SMILES string of the molecule is CCCCCCCCCC(=O)NN=C(C)c1ccc(C)s1. The minimum absolute atomic E-state index is 0.0242. The Morgan fingerprint density at radius 1 is 1.14 bits per heavy atom. The van der Waals surface area contributed by atoms with E-state index in [0.717, 1.165) is 23.4 Å². The van der Waals surface area contributed by atoms with E-state index < -0.39 is 0 Å². The highest BCUT2D eigenvalue weighted by Crippen LogP contribution is 2.15. The van der Waals surface area contributed by atoms with Crippen LogP contribution in [0.2, 0.25) is 0 Å². The number of nitrogens with one attached hydrogen (secondary N) is 1. The highest BCUT2D eigenvalue weighted by Gasteiger charge is 2.03. The average molecular weight is 308 g/mol. The van der Waals surface area contributed by atoms with Crippen molar-refractivity contribution in [3.63, 3.8) is 0 Å². The molecule has 0 unspecified atom stereocenters. The fourth-order valence-corrected chi connectivity index (χ4v) is 2.94. The zero-order chi connectivity index (χ0) is 15.5. The van der Waals surface area contributed by atoms with Gasteiger partial charge in [-0.1, -0.05) is 45.4 Å². The number of thiophene rings is 1. The molecule has 0 aliphatic carbocycles. The van der Waals surface area contributed by atoms with Crippen LogP contribution >= 0.6 is 11.3 Å². The zero-order valence-corrected chi connectivity index (χ0v) is 14.4. The molecule has 0 aliphatic rings. The van der Waals surface area contributed by atoms with Gasteiger partial charge in [-0.25, -0.2) is 5.43 Å². The van der Waals surface area contributed by atoms with Crippen molar-refractivity contribution in [2.45, 2.75) is 72.1 Å². The molecule has 0 atom stereocenters. The van der Waals surface area contributed by atoms with Crippen molar-refractivity contribution in [2.75, 3.05) is 0 Å². The number of amides is 1. The minimum atomic E-state index is 0.0242. The Hall–Kier alpha value is -1.16. The number of unbranched alkanes of at least 4 members (excludes halogenated alkanes) is 6. The van der Waals surface area contributed by atoms with Gasteiger partial charge >= 0.3 is 0 Å². The molecule has 118 valence electrons. The minimum Gasteiger partial charge on any atom is -0.273 e. The molecule has 0 fully saturated rings. The van der Waals surface area contributed by atoms with Gasteiger partial charge in [-0.2, -0.15) is 5.10 Å². The maximum absolute atomic E-state index is 11.7. The average Bonchev–Trinajstić information content (AvgIpc) is 2.90. The lowest BCUT2D eigenvalue weighted by Crippen LogP contribution is -2.18. The normalized spacial score (nSPS) is 11.7. The zero-order valence-electron chi connectivity index (χ0n) is 13.6. The summed E-state index contributed by atoms with van der Waals surface area (Å²) in [7, 11) is 0. The van der Waals surface area contributed by atoms with Crippen LogP contribution in [-0.2, 0) is 4.79 Å². The Morgan fingerprint density at radius 3 is 2.43 bits per heavy atom. The monoisotopic (exact) mass is 308 g/mol. The summed E-state index contributed by atoms with van der Waals surface area (Å²) in [5.41, 5.74) is 3.53. The Bertz CT molecular complexity index is 451. The summed E-state index contributed by atoms with van der Waals surface area (Å²) in [6.45, 7) is 6.23. The quantitative estimate of drug-likeness (QED) is 0.367. The summed E-state index contributed by atoms with van der Waals surface area (Å²) in [5, 5.41) is 4.17. The smallest absolute Gasteiger partial charge is 0.240 e. The molecule has 0 spiro atoms. The van der Waals surface area contributed by atoms with Crippen LogP contribution in [0, 0.1) is 6.92 Å². The van der Waals surface area contributed by atoms with Gasteiger partial charge in [0.05, 0.1) is 10.6 Å². The summed E-state index contributed by atoms with van der Waals surface area (Å²) in [4.78, 5) is 14.1. The number of carbonyl (C=O) groups is 1. The highest BCUT2D eigenvalue weighted by molar-refractivity contribution is 7.14. The molecule has 1 aromatic heterocycles. The standard InChI is InChI=1S/C17H28N2OS/c1-4-5-6-7-8-9-10-11-17(20)19-18-15(3)16-13-12-14(2)21-16/h12-13H,4-11H2,1-3H3,(H,19,20). The van der Waals surface area contributed by atoms with Crippen LogP contribution in [0.1, 0.15) is 75.0 Å². The van der Waals surface area contributed by atoms with Crippen molar-refractivity contribution >= 4 is 23.0 Å². The van der Waals surface area contributed by atoms with E-state index in [1.165, 1.54) is 37.0 Å². The molecule has 1 aromatic rings. The molecule has 3 nitrogen and oxygen atoms in total. The Kier molecular flexibility index (Phi) is 8.99. The van der Waals surface area contributed by atoms with Gasteiger partial charge in [0.1, 0.15) is 0 Å². The first-order chi connectivity index (χ1) is 10.1. The van der Waals surface area contributed by atoms with E-state index in [1.807, 2.05) is 13.0 Å². The Morgan fingerprint density at radius 2 is 1.81 bits per heavy atom. The van der Waals surface area contributed by atoms with Gasteiger partial charge in [0, 0.05) is 11.3 Å². The predicted octanol–water partition coefficient (Wildman–Crippen LogP) is 5.04. The van der Waals surface area contributed by atoms with E-state index in [0.29, 0.717) is 6.42 Å². The second-order valence-corrected chi connectivity index (χ2v) is 6.80. The maximum Gasteiger partial charge on any atom is 0.240 e. The molecule has 0 saturated heterocycles. The van der Waals surface area contributed by atoms with Gasteiger partial charge in [-0.15, -0.1) is 11.3 Å². The van der Waals surface area contributed by atoms with Crippen LogP contribution in [0.5, 0.6) is 0 Å². The van der Waals surface area contributed by atoms with Crippen molar-refractivity contribution in [2.24, 2.45) is 5.10 Å². The molecule has 1 amide bonds. The number of nitrogens with zero attached hydrogens (tertiary/aromatic N) is 1. The molecule has 1 rings (SSSR count). The highest BCUT2D eigenvalue weighted by atomic mass is 32.1. The lowest BCUT2D eigenvalue weighted by Gasteiger charge is -2.02. The third-order valence-electron chi connectivity index (χ3n) is 3.45. The molecule has 21 heavy (non-hydrogen) atoms. The van der Waals surface area contributed by atoms with Crippen LogP contribution in [0.25, 0.3) is 0 Å². The second-order valence-electron chi connectivity index (χ2n) is 5.51. The first-order valence-corrected chi connectivity index (χ1v) is 8.85. The largest absolute Gasteiger partial charge is 0.273 e. The van der Waals surface area contributed by atoms with Crippen LogP contribution < -0.4 is 5.43 Å². The number of hydrazone groups is 1. The number of hydrogen-bond acceptors (Lipinski definition) is 3. The van der Waals surface area contributed by atoms with Crippen molar-refractivity contribution in [1.82, 2.24) is 5.43 Å². The van der Waals surface area contributed by atoms with E-state index in [9.17, 15) is 4.79 Å². The van der Waals surface area contributed by atoms with Crippen LogP contribution in [0.15, 0.2) is 17.2 Å². The molecule has 0 aromatic carbocycles. The predicted molar refractivity (Wildman–Crippen MR) is 92.0 cm³/mol. The summed E-state index contributed by atoms with van der Waals surface area (Å²) in [6, 6.07) is 4.11. The van der Waals surface area contributed by atoms with E-state index in [2.05, 4.69) is 30.4 Å². The first kappa shape index (κ1) is 17.9. The lowest BCUT2D eigenvalue weighted by atomic mass is 10.1. The van der Waals surface area contributed by atoms with Gasteiger partial charge < -0.3 is 0 Å². The molecule has 0 aliphatic heterocycles. The second kappa shape index (κ2) is 10.6. The lowest BCUT2D eigenvalue weighted by molar-refractivity contribution is -0.121. The van der Waals surface area contributed by atoms with Crippen molar-refractivity contribution in [3.05, 3.63) is 21.9 Å². The molecule has 4 heteroatoms. The van der Waals surface area contributed by atoms with Gasteiger partial charge in [0.2, 0.25) is 5.91 Å². The van der Waals surface area contributed by atoms with E-state index in [-0.39, 0.29) is 5.91 Å². The molecule has 0 bridgehead atoms. The number of hydrogen-bond donors (Lipinski definition) is 1. The number of carbonyl (C=O) groups excluding carboxylic acids is 1. The third-order valence-corrected chi connectivity index (χ3v) is 4.56. The number of aryl methyl sites for hydroxylation is 1. The fraction of sp³-hybridized carbons (Fsp3) is 0.647. The molecular formula is C17H28N2OS. The molecule has 1 heterocycles. The van der Waals surface area contributed by atoms with E-state index in [4.69, 9.17) is 0 Å². The summed E-state index contributed by atoms with van der Waals surface area (Å²) < 4.78 is 0. The van der Waals surface area contributed by atoms with Gasteiger partial charge in [-0.05, 0) is 32.4 Å². The Balaban J connectivity index is 2.13. The Labute approximate surface area is 132 Å². The van der Waals surface area contributed by atoms with E-state index in [1.54, 1.807) is 11.3 Å². The van der Waals surface area contributed by atoms with Gasteiger partial charge in [-0.3, -0.25) is 4.79 Å². The first-order valence-electron chi connectivity index (χ1n) is 8.03. The molecule has 0 radical (unpaired) electrons. The van der Waals surface area contributed by atoms with Crippen molar-refractivity contribution < 1.29 is 4.79 Å². The van der Waals surface area contributed by atoms with Crippen LogP contribution in [0.3, 0.4) is 0 Å². The molecule has 0 saturated carbocycles. The fourth-order valence-electron chi connectivity index (χ4n) is 2.13. The van der Waals surface area contributed by atoms with Crippen molar-refractivity contribution in [3.8, 4) is 0 Å². The van der Waals surface area contributed by atoms with Crippen LogP contribution in [-0.4, -0.2) is 11.6 Å². The van der Waals surface area contributed by atoms with Crippen LogP contribution in [0.4, 0.5) is 0 Å². The topological polar surface area (TPSA) is 41.5 Å². The maximum atomic E-state index is 11.7. The number of rotatable bonds is 10. The third kappa shape index (κ3) is 8.00. The van der Waals surface area contributed by atoms with E-state index >= 15 is 0 Å². The van der Waals surface area contributed by atoms with Gasteiger partial charge in [0.15, 0.2) is 0 Å². The summed E-state index contributed by atoms with van der Waals surface area (Å²) in [5.74, 6) is 0.0242. The summed E-state index contributed by atoms with van der Waals surface area (Å²) >= 11 is 1.70. The van der Waals surface area contributed by atoms with Gasteiger partial charge in [0.25, 0.3) is 0 Å². The molecule has 1 N–H and O–H groups in total.